The molecular formula is C16H18N2O. The van der Waals surface area contributed by atoms with Crippen LogP contribution in [-0.2, 0) is 13.0 Å². The molecule has 0 radical (unpaired) electrons. The lowest BCUT2D eigenvalue weighted by Gasteiger charge is -2.34. The summed E-state index contributed by atoms with van der Waals surface area (Å²) in [6, 6.07) is 16.0. The Labute approximate surface area is 113 Å². The molecule has 1 atom stereocenters. The van der Waals surface area contributed by atoms with Crippen molar-refractivity contribution in [2.45, 2.75) is 19.0 Å². The van der Waals surface area contributed by atoms with Gasteiger partial charge < -0.3 is 15.7 Å². The third kappa shape index (κ3) is 2.56. The van der Waals surface area contributed by atoms with Crippen LogP contribution in [0.1, 0.15) is 11.1 Å². The van der Waals surface area contributed by atoms with Crippen molar-refractivity contribution in [1.29, 1.82) is 0 Å². The van der Waals surface area contributed by atoms with E-state index in [9.17, 15) is 5.11 Å². The predicted molar refractivity (Wildman–Crippen MR) is 77.3 cm³/mol. The summed E-state index contributed by atoms with van der Waals surface area (Å²) in [4.78, 5) is 2.29. The summed E-state index contributed by atoms with van der Waals surface area (Å²) in [5.41, 5.74) is 9.80. The van der Waals surface area contributed by atoms with E-state index >= 15 is 0 Å². The number of nitrogens with two attached hydrogens (primary N) is 1. The number of aromatic hydroxyl groups is 1. The highest BCUT2D eigenvalue weighted by Gasteiger charge is 2.21. The fourth-order valence-electron chi connectivity index (χ4n) is 2.75. The number of benzene rings is 2. The third-order valence-corrected chi connectivity index (χ3v) is 3.55. The molecule has 0 aromatic heterocycles. The Kier molecular flexibility index (Phi) is 3.13. The highest BCUT2D eigenvalue weighted by Crippen LogP contribution is 2.28. The van der Waals surface area contributed by atoms with Gasteiger partial charge in [0.15, 0.2) is 0 Å². The lowest BCUT2D eigenvalue weighted by Crippen LogP contribution is -2.42. The van der Waals surface area contributed by atoms with Gasteiger partial charge in [-0.15, -0.1) is 0 Å². The van der Waals surface area contributed by atoms with Crippen molar-refractivity contribution in [2.75, 3.05) is 11.4 Å². The first-order valence-electron chi connectivity index (χ1n) is 6.59. The normalized spacial score (nSPS) is 18.2. The topological polar surface area (TPSA) is 49.5 Å². The number of phenolic OH excluding ortho intramolecular Hbond substituents is 1. The zero-order valence-corrected chi connectivity index (χ0v) is 10.8. The molecule has 0 bridgehead atoms. The first kappa shape index (κ1) is 12.1. The van der Waals surface area contributed by atoms with Gasteiger partial charge in [-0.1, -0.05) is 30.3 Å². The van der Waals surface area contributed by atoms with Crippen LogP contribution in [0.25, 0.3) is 0 Å². The first-order chi connectivity index (χ1) is 9.22. The highest BCUT2D eigenvalue weighted by molar-refractivity contribution is 5.56. The van der Waals surface area contributed by atoms with E-state index in [1.54, 1.807) is 6.07 Å². The molecule has 1 heterocycles. The molecule has 0 spiro atoms. The van der Waals surface area contributed by atoms with E-state index < -0.39 is 0 Å². The summed E-state index contributed by atoms with van der Waals surface area (Å²) in [6.45, 7) is 1.63. The zero-order valence-electron chi connectivity index (χ0n) is 10.8. The first-order valence-corrected chi connectivity index (χ1v) is 6.59. The number of rotatable bonds is 2. The van der Waals surface area contributed by atoms with Gasteiger partial charge in [0.1, 0.15) is 5.75 Å². The van der Waals surface area contributed by atoms with Gasteiger partial charge in [-0.25, -0.2) is 0 Å². The zero-order chi connectivity index (χ0) is 13.2. The van der Waals surface area contributed by atoms with Crippen molar-refractivity contribution < 1.29 is 5.11 Å². The second-order valence-electron chi connectivity index (χ2n) is 5.14. The van der Waals surface area contributed by atoms with E-state index in [1.165, 1.54) is 11.3 Å². The summed E-state index contributed by atoms with van der Waals surface area (Å²) >= 11 is 0. The van der Waals surface area contributed by atoms with Crippen molar-refractivity contribution in [3.8, 4) is 5.75 Å². The molecule has 1 aliphatic heterocycles. The molecule has 3 nitrogen and oxygen atoms in total. The largest absolute Gasteiger partial charge is 0.508 e. The second kappa shape index (κ2) is 4.94. The van der Waals surface area contributed by atoms with Crippen LogP contribution < -0.4 is 10.6 Å². The van der Waals surface area contributed by atoms with Crippen LogP contribution in [0, 0.1) is 0 Å². The van der Waals surface area contributed by atoms with Crippen LogP contribution in [0.3, 0.4) is 0 Å². The number of fused-ring (bicyclic) bond motifs is 1. The van der Waals surface area contributed by atoms with Crippen molar-refractivity contribution >= 4 is 5.69 Å². The number of para-hydroxylation sites is 1. The molecule has 0 aliphatic carbocycles. The number of hydrogen-bond donors (Lipinski definition) is 2. The van der Waals surface area contributed by atoms with E-state index in [2.05, 4.69) is 29.2 Å². The predicted octanol–water partition coefficient (Wildman–Crippen LogP) is 2.28. The Morgan fingerprint density at radius 2 is 2.00 bits per heavy atom. The molecule has 3 rings (SSSR count). The van der Waals surface area contributed by atoms with Crippen LogP contribution in [0.15, 0.2) is 48.5 Å². The fourth-order valence-corrected chi connectivity index (χ4v) is 2.75. The van der Waals surface area contributed by atoms with Crippen molar-refractivity contribution in [3.63, 3.8) is 0 Å². The van der Waals surface area contributed by atoms with Crippen molar-refractivity contribution in [2.24, 2.45) is 5.73 Å². The molecule has 2 aromatic carbocycles. The summed E-state index contributed by atoms with van der Waals surface area (Å²) in [6.07, 6.45) is 0.937. The molecule has 0 fully saturated rings. The van der Waals surface area contributed by atoms with E-state index in [0.29, 0.717) is 5.75 Å². The molecule has 19 heavy (non-hydrogen) atoms. The standard InChI is InChI=1S/C16H18N2O/c17-14-9-13-5-1-2-7-16(13)18(11-14)10-12-4-3-6-15(19)8-12/h1-8,14,19H,9-11,17H2. The van der Waals surface area contributed by atoms with E-state index in [-0.39, 0.29) is 6.04 Å². The number of anilines is 1. The maximum absolute atomic E-state index is 9.55. The molecule has 0 amide bonds. The SMILES string of the molecule is NC1Cc2ccccc2N(Cc2cccc(O)c2)C1. The average molecular weight is 254 g/mol. The molecule has 98 valence electrons. The molecule has 0 saturated carbocycles. The summed E-state index contributed by atoms with van der Waals surface area (Å²) in [7, 11) is 0. The van der Waals surface area contributed by atoms with Gasteiger partial charge in [0, 0.05) is 24.8 Å². The molecule has 3 N–H and O–H groups in total. The smallest absolute Gasteiger partial charge is 0.115 e. The monoisotopic (exact) mass is 254 g/mol. The Balaban J connectivity index is 1.89. The van der Waals surface area contributed by atoms with Crippen LogP contribution in [0.2, 0.25) is 0 Å². The van der Waals surface area contributed by atoms with Crippen LogP contribution in [0.4, 0.5) is 5.69 Å². The minimum Gasteiger partial charge on any atom is -0.508 e. The molecule has 2 aromatic rings. The lowest BCUT2D eigenvalue weighted by atomic mass is 9.98. The van der Waals surface area contributed by atoms with Gasteiger partial charge in [0.2, 0.25) is 0 Å². The Hall–Kier alpha value is -2.00. The lowest BCUT2D eigenvalue weighted by molar-refractivity contribution is 0.474. The van der Waals surface area contributed by atoms with Crippen molar-refractivity contribution in [3.05, 3.63) is 59.7 Å². The maximum Gasteiger partial charge on any atom is 0.115 e. The molecule has 3 heteroatoms. The molecule has 0 saturated heterocycles. The number of hydrogen-bond acceptors (Lipinski definition) is 3. The highest BCUT2D eigenvalue weighted by atomic mass is 16.3. The van der Waals surface area contributed by atoms with Gasteiger partial charge >= 0.3 is 0 Å². The minimum absolute atomic E-state index is 0.173. The van der Waals surface area contributed by atoms with Gasteiger partial charge in [-0.05, 0) is 35.7 Å². The van der Waals surface area contributed by atoms with E-state index in [4.69, 9.17) is 5.73 Å². The van der Waals surface area contributed by atoms with Crippen LogP contribution in [0.5, 0.6) is 5.75 Å². The Bertz CT molecular complexity index is 582. The molecule has 1 unspecified atom stereocenters. The minimum atomic E-state index is 0.173. The third-order valence-electron chi connectivity index (χ3n) is 3.55. The second-order valence-corrected chi connectivity index (χ2v) is 5.14. The summed E-state index contributed by atoms with van der Waals surface area (Å²) in [5.74, 6) is 0.312. The maximum atomic E-state index is 9.55. The van der Waals surface area contributed by atoms with Crippen molar-refractivity contribution in [1.82, 2.24) is 0 Å². The van der Waals surface area contributed by atoms with Gasteiger partial charge in [-0.2, -0.15) is 0 Å². The average Bonchev–Trinajstić information content (AvgIpc) is 2.38. The Morgan fingerprint density at radius 1 is 1.16 bits per heavy atom. The summed E-state index contributed by atoms with van der Waals surface area (Å²) in [5, 5.41) is 9.55. The van der Waals surface area contributed by atoms with Crippen LogP contribution in [-0.4, -0.2) is 17.7 Å². The fraction of sp³-hybridized carbons (Fsp3) is 0.250. The molecular weight excluding hydrogens is 236 g/mol. The van der Waals surface area contributed by atoms with Gasteiger partial charge in [-0.3, -0.25) is 0 Å². The van der Waals surface area contributed by atoms with Gasteiger partial charge in [0.05, 0.1) is 0 Å². The van der Waals surface area contributed by atoms with Crippen LogP contribution >= 0.6 is 0 Å². The number of nitrogens with zero attached hydrogens (tertiary/aromatic N) is 1. The quantitative estimate of drug-likeness (QED) is 0.864. The van der Waals surface area contributed by atoms with E-state index in [1.807, 2.05) is 18.2 Å². The van der Waals surface area contributed by atoms with E-state index in [0.717, 1.165) is 25.1 Å². The molecule has 1 aliphatic rings. The number of phenols is 1. The summed E-state index contributed by atoms with van der Waals surface area (Å²) < 4.78 is 0. The van der Waals surface area contributed by atoms with Gasteiger partial charge in [0.25, 0.3) is 0 Å². The Morgan fingerprint density at radius 3 is 2.84 bits per heavy atom.